The first-order valence-electron chi connectivity index (χ1n) is 10.6. The van der Waals surface area contributed by atoms with Crippen LogP contribution in [0.1, 0.15) is 36.0 Å². The summed E-state index contributed by atoms with van der Waals surface area (Å²) in [5.74, 6) is 2.93. The third-order valence-electron chi connectivity index (χ3n) is 5.27. The van der Waals surface area contributed by atoms with Gasteiger partial charge in [-0.1, -0.05) is 0 Å². The van der Waals surface area contributed by atoms with E-state index >= 15 is 0 Å². The molecule has 0 saturated heterocycles. The number of nitrogens with one attached hydrogen (secondary N) is 1. The van der Waals surface area contributed by atoms with Gasteiger partial charge in [-0.3, -0.25) is 10.1 Å². The topological polar surface area (TPSA) is 99.4 Å². The summed E-state index contributed by atoms with van der Waals surface area (Å²) in [5, 5.41) is 13.0. The highest BCUT2D eigenvalue weighted by molar-refractivity contribution is 7.13. The van der Waals surface area contributed by atoms with Gasteiger partial charge in [0.05, 0.1) is 6.10 Å². The first-order chi connectivity index (χ1) is 16.0. The second-order valence-corrected chi connectivity index (χ2v) is 8.79. The van der Waals surface area contributed by atoms with Gasteiger partial charge in [-0.15, -0.1) is 21.5 Å². The highest BCUT2D eigenvalue weighted by atomic mass is 32.1. The van der Waals surface area contributed by atoms with Crippen LogP contribution in [0.25, 0.3) is 11.5 Å². The third-order valence-corrected chi connectivity index (χ3v) is 5.95. The molecular formula is C24H22N4O4S. The fourth-order valence-electron chi connectivity index (χ4n) is 3.38. The summed E-state index contributed by atoms with van der Waals surface area (Å²) >= 11 is 1.36. The molecule has 1 saturated carbocycles. The van der Waals surface area contributed by atoms with Gasteiger partial charge in [0, 0.05) is 35.7 Å². The predicted octanol–water partition coefficient (Wildman–Crippen LogP) is 5.72. The molecule has 0 bridgehead atoms. The Hall–Kier alpha value is -3.72. The van der Waals surface area contributed by atoms with Crippen LogP contribution in [-0.4, -0.2) is 27.2 Å². The lowest BCUT2D eigenvalue weighted by Crippen LogP contribution is -2.15. The van der Waals surface area contributed by atoms with E-state index in [1.165, 1.54) is 24.2 Å². The zero-order valence-electron chi connectivity index (χ0n) is 18.1. The van der Waals surface area contributed by atoms with Crippen molar-refractivity contribution in [2.24, 2.45) is 5.92 Å². The van der Waals surface area contributed by atoms with Crippen LogP contribution in [0, 0.1) is 12.8 Å². The van der Waals surface area contributed by atoms with Crippen molar-refractivity contribution in [3.05, 3.63) is 65.5 Å². The first-order valence-corrected chi connectivity index (χ1v) is 11.5. The molecule has 1 atom stereocenters. The number of thiazole rings is 1. The lowest BCUT2D eigenvalue weighted by atomic mass is 10.1. The summed E-state index contributed by atoms with van der Waals surface area (Å²) in [6.45, 7) is 3.80. The smallest absolute Gasteiger partial charge is 0.257 e. The van der Waals surface area contributed by atoms with E-state index in [-0.39, 0.29) is 12.0 Å². The lowest BCUT2D eigenvalue weighted by Gasteiger charge is -2.16. The zero-order chi connectivity index (χ0) is 22.8. The molecule has 2 aromatic carbocycles. The molecule has 0 aliphatic heterocycles. The molecule has 2 aromatic heterocycles. The number of ether oxygens (including phenoxy) is 2. The number of hydrogen-bond acceptors (Lipinski definition) is 8. The van der Waals surface area contributed by atoms with Crippen LogP contribution in [0.2, 0.25) is 0 Å². The summed E-state index contributed by atoms with van der Waals surface area (Å²) < 4.78 is 17.6. The zero-order valence-corrected chi connectivity index (χ0v) is 19.0. The highest BCUT2D eigenvalue weighted by Crippen LogP contribution is 2.36. The maximum Gasteiger partial charge on any atom is 0.257 e. The van der Waals surface area contributed by atoms with Crippen molar-refractivity contribution >= 4 is 22.4 Å². The van der Waals surface area contributed by atoms with Gasteiger partial charge in [-0.25, -0.2) is 4.98 Å². The summed E-state index contributed by atoms with van der Waals surface area (Å²) in [7, 11) is 0. The van der Waals surface area contributed by atoms with E-state index in [2.05, 4.69) is 27.4 Å². The van der Waals surface area contributed by atoms with Crippen LogP contribution in [0.5, 0.6) is 17.2 Å². The normalized spacial score (nSPS) is 14.0. The summed E-state index contributed by atoms with van der Waals surface area (Å²) in [6.07, 6.45) is 4.05. The van der Waals surface area contributed by atoms with E-state index < -0.39 is 0 Å². The van der Waals surface area contributed by atoms with Crippen molar-refractivity contribution in [3.63, 3.8) is 0 Å². The Bertz CT molecular complexity index is 1250. The minimum atomic E-state index is -0.276. The molecule has 168 valence electrons. The van der Waals surface area contributed by atoms with Crippen LogP contribution in [-0.2, 0) is 0 Å². The number of amides is 1. The van der Waals surface area contributed by atoms with Crippen molar-refractivity contribution in [1.29, 1.82) is 0 Å². The Balaban J connectivity index is 1.38. The van der Waals surface area contributed by atoms with Crippen LogP contribution in [0.3, 0.4) is 0 Å². The molecule has 5 rings (SSSR count). The molecule has 0 radical (unpaired) electrons. The molecule has 2 heterocycles. The van der Waals surface area contributed by atoms with E-state index in [1.54, 1.807) is 36.7 Å². The van der Waals surface area contributed by atoms with Gasteiger partial charge in [0.2, 0.25) is 11.8 Å². The number of benzene rings is 2. The SMILES string of the molecule is Cc1nnc(-c2ccc(Oc3cc(OC(C)C4CC4)cc(C(=O)Nc4nccs4)c3)cc2)o1. The average Bonchev–Trinajstić information content (AvgIpc) is 3.38. The van der Waals surface area contributed by atoms with Crippen LogP contribution in [0.15, 0.2) is 58.5 Å². The molecule has 8 nitrogen and oxygen atoms in total. The monoisotopic (exact) mass is 462 g/mol. The molecule has 1 unspecified atom stereocenters. The van der Waals surface area contributed by atoms with Crippen LogP contribution < -0.4 is 14.8 Å². The Labute approximate surface area is 194 Å². The van der Waals surface area contributed by atoms with Gasteiger partial charge >= 0.3 is 0 Å². The van der Waals surface area contributed by atoms with Gasteiger partial charge in [0.15, 0.2) is 5.13 Å². The van der Waals surface area contributed by atoms with Crippen molar-refractivity contribution in [2.75, 3.05) is 5.32 Å². The number of rotatable bonds is 8. The molecule has 0 spiro atoms. The predicted molar refractivity (Wildman–Crippen MR) is 124 cm³/mol. The highest BCUT2D eigenvalue weighted by Gasteiger charge is 2.29. The number of anilines is 1. The number of hydrogen-bond donors (Lipinski definition) is 1. The fraction of sp³-hybridized carbons (Fsp3) is 0.250. The van der Waals surface area contributed by atoms with E-state index in [9.17, 15) is 4.79 Å². The molecule has 33 heavy (non-hydrogen) atoms. The average molecular weight is 463 g/mol. The van der Waals surface area contributed by atoms with Gasteiger partial charge in [0.25, 0.3) is 5.91 Å². The summed E-state index contributed by atoms with van der Waals surface area (Å²) in [4.78, 5) is 16.9. The van der Waals surface area contributed by atoms with E-state index in [4.69, 9.17) is 13.9 Å². The van der Waals surface area contributed by atoms with E-state index in [1.807, 2.05) is 24.3 Å². The molecular weight excluding hydrogens is 440 g/mol. The van der Waals surface area contributed by atoms with Crippen LogP contribution in [0.4, 0.5) is 5.13 Å². The summed E-state index contributed by atoms with van der Waals surface area (Å²) in [6, 6.07) is 12.5. The summed E-state index contributed by atoms with van der Waals surface area (Å²) in [5.41, 5.74) is 1.22. The van der Waals surface area contributed by atoms with Crippen LogP contribution >= 0.6 is 11.3 Å². The quantitative estimate of drug-likeness (QED) is 0.357. The Morgan fingerprint density at radius 2 is 1.91 bits per heavy atom. The lowest BCUT2D eigenvalue weighted by molar-refractivity contribution is 0.102. The Morgan fingerprint density at radius 1 is 1.12 bits per heavy atom. The number of nitrogens with zero attached hydrogens (tertiary/aromatic N) is 3. The van der Waals surface area contributed by atoms with Gasteiger partial charge in [-0.2, -0.15) is 0 Å². The minimum Gasteiger partial charge on any atom is -0.490 e. The molecule has 4 aromatic rings. The maximum absolute atomic E-state index is 12.8. The van der Waals surface area contributed by atoms with Crippen molar-refractivity contribution in [1.82, 2.24) is 15.2 Å². The fourth-order valence-corrected chi connectivity index (χ4v) is 3.90. The molecule has 1 aliphatic rings. The van der Waals surface area contributed by atoms with Crippen molar-refractivity contribution < 1.29 is 18.7 Å². The Kier molecular flexibility index (Phi) is 5.78. The number of carbonyl (C=O) groups excluding carboxylic acids is 1. The number of carbonyl (C=O) groups is 1. The second kappa shape index (κ2) is 9.03. The Morgan fingerprint density at radius 3 is 2.58 bits per heavy atom. The first kappa shape index (κ1) is 21.1. The standard InChI is InChI=1S/C24H22N4O4S/c1-14(16-3-4-16)30-20-11-18(22(29)26-24-25-9-10-33-24)12-21(13-20)32-19-7-5-17(6-8-19)23-28-27-15(2)31-23/h5-14,16H,3-4H2,1-2H3,(H,25,26,29). The molecule has 1 fully saturated rings. The minimum absolute atomic E-state index is 0.0762. The van der Waals surface area contributed by atoms with Gasteiger partial charge < -0.3 is 13.9 Å². The van der Waals surface area contributed by atoms with Crippen molar-refractivity contribution in [3.8, 4) is 28.7 Å². The largest absolute Gasteiger partial charge is 0.490 e. The number of aryl methyl sites for hydroxylation is 1. The molecule has 1 N–H and O–H groups in total. The van der Waals surface area contributed by atoms with E-state index in [0.717, 1.165) is 5.56 Å². The maximum atomic E-state index is 12.8. The molecule has 9 heteroatoms. The van der Waals surface area contributed by atoms with E-state index in [0.29, 0.717) is 45.6 Å². The number of aromatic nitrogens is 3. The molecule has 1 amide bonds. The van der Waals surface area contributed by atoms with Gasteiger partial charge in [-0.05, 0) is 62.1 Å². The van der Waals surface area contributed by atoms with Crippen molar-refractivity contribution in [2.45, 2.75) is 32.8 Å². The third kappa shape index (κ3) is 5.20. The second-order valence-electron chi connectivity index (χ2n) is 7.90. The van der Waals surface area contributed by atoms with Gasteiger partial charge in [0.1, 0.15) is 17.2 Å². The molecule has 1 aliphatic carbocycles.